The monoisotopic (exact) mass is 672 g/mol. The summed E-state index contributed by atoms with van der Waals surface area (Å²) in [4.78, 5) is 30.7. The number of amides is 2. The average Bonchev–Trinajstić information content (AvgIpc) is 3.49. The highest BCUT2D eigenvalue weighted by molar-refractivity contribution is 5.99. The molecule has 7 nitrogen and oxygen atoms in total. The molecule has 6 rings (SSSR count). The predicted molar refractivity (Wildman–Crippen MR) is 191 cm³/mol. The number of halogens is 2. The highest BCUT2D eigenvalue weighted by Crippen LogP contribution is 2.36. The number of nitrogens with one attached hydrogen (secondary N) is 2. The number of alkyl carbamates (subject to hydrolysis) is 1. The molecule has 0 aliphatic rings. The molecule has 9 heteroatoms. The third kappa shape index (κ3) is 8.60. The summed E-state index contributed by atoms with van der Waals surface area (Å²) >= 11 is 0. The van der Waals surface area contributed by atoms with E-state index in [0.717, 1.165) is 51.7 Å². The summed E-state index contributed by atoms with van der Waals surface area (Å²) in [6.07, 6.45) is 1.04. The minimum Gasteiger partial charge on any atom is -0.445 e. The fourth-order valence-electron chi connectivity index (χ4n) is 5.87. The Morgan fingerprint density at radius 2 is 1.34 bits per heavy atom. The minimum atomic E-state index is -0.461. The van der Waals surface area contributed by atoms with Crippen molar-refractivity contribution in [3.05, 3.63) is 150 Å². The molecule has 0 unspecified atom stereocenters. The predicted octanol–water partition coefficient (Wildman–Crippen LogP) is 8.77. The zero-order chi connectivity index (χ0) is 34.9. The number of hydrogen-bond donors (Lipinski definition) is 2. The van der Waals surface area contributed by atoms with Crippen LogP contribution in [-0.2, 0) is 17.9 Å². The zero-order valence-corrected chi connectivity index (χ0v) is 27.7. The molecular weight excluding hydrogens is 634 g/mol. The zero-order valence-electron chi connectivity index (χ0n) is 27.7. The molecule has 1 heterocycles. The molecule has 0 saturated carbocycles. The molecule has 0 radical (unpaired) electrons. The van der Waals surface area contributed by atoms with E-state index >= 15 is 0 Å². The van der Waals surface area contributed by atoms with Crippen LogP contribution in [0.3, 0.4) is 0 Å². The maximum absolute atomic E-state index is 13.9. The molecule has 50 heavy (non-hydrogen) atoms. The van der Waals surface area contributed by atoms with Crippen molar-refractivity contribution < 1.29 is 23.1 Å². The second-order valence-electron chi connectivity index (χ2n) is 12.4. The van der Waals surface area contributed by atoms with Gasteiger partial charge in [0.05, 0.1) is 11.0 Å². The molecule has 5 aromatic carbocycles. The third-order valence-corrected chi connectivity index (χ3v) is 8.55. The van der Waals surface area contributed by atoms with Crippen molar-refractivity contribution in [1.29, 1.82) is 0 Å². The van der Waals surface area contributed by atoms with Gasteiger partial charge in [0.25, 0.3) is 5.91 Å². The van der Waals surface area contributed by atoms with Crippen molar-refractivity contribution in [2.45, 2.75) is 32.9 Å². The molecule has 1 atom stereocenters. The van der Waals surface area contributed by atoms with Gasteiger partial charge < -0.3 is 19.9 Å². The van der Waals surface area contributed by atoms with E-state index in [1.54, 1.807) is 24.3 Å². The Hall–Kier alpha value is -5.83. The van der Waals surface area contributed by atoms with Crippen LogP contribution in [0.2, 0.25) is 0 Å². The largest absolute Gasteiger partial charge is 0.445 e. The highest BCUT2D eigenvalue weighted by Gasteiger charge is 2.21. The molecule has 254 valence electrons. The number of carbonyl (C=O) groups is 2. The summed E-state index contributed by atoms with van der Waals surface area (Å²) in [5, 5.41) is 5.85. The summed E-state index contributed by atoms with van der Waals surface area (Å²) in [6.45, 7) is 3.55. The van der Waals surface area contributed by atoms with Gasteiger partial charge in [-0.1, -0.05) is 91.9 Å². The Morgan fingerprint density at radius 1 is 0.760 bits per heavy atom. The minimum absolute atomic E-state index is 0.142. The van der Waals surface area contributed by atoms with E-state index in [0.29, 0.717) is 25.2 Å². The van der Waals surface area contributed by atoms with E-state index in [1.165, 1.54) is 24.3 Å². The van der Waals surface area contributed by atoms with Crippen LogP contribution in [0.15, 0.2) is 121 Å². The van der Waals surface area contributed by atoms with Crippen LogP contribution in [-0.4, -0.2) is 34.6 Å². The van der Waals surface area contributed by atoms with Crippen LogP contribution < -0.4 is 10.6 Å². The van der Waals surface area contributed by atoms with Gasteiger partial charge in [-0.2, -0.15) is 0 Å². The first kappa shape index (κ1) is 34.0. The molecule has 0 aliphatic heterocycles. The third-order valence-electron chi connectivity index (χ3n) is 8.55. The molecule has 0 bridgehead atoms. The molecule has 0 spiro atoms. The Balaban J connectivity index is 1.19. The van der Waals surface area contributed by atoms with Crippen LogP contribution in [0.1, 0.15) is 41.5 Å². The van der Waals surface area contributed by atoms with E-state index in [1.807, 2.05) is 84.3 Å². The molecule has 0 saturated heterocycles. The van der Waals surface area contributed by atoms with Gasteiger partial charge in [0, 0.05) is 19.6 Å². The van der Waals surface area contributed by atoms with Crippen molar-refractivity contribution in [2.24, 2.45) is 5.92 Å². The lowest BCUT2D eigenvalue weighted by atomic mass is 9.94. The summed E-state index contributed by atoms with van der Waals surface area (Å²) < 4.78 is 35.0. The van der Waals surface area contributed by atoms with E-state index in [9.17, 15) is 18.4 Å². The SMILES string of the molecule is C[C@@H](CCCNC(=O)OCc1ccccc1)CNC(=O)c1nc2cc(-c3ccc(F)cc3)c(-c3ccc(F)cc3)cc2n1Cc1ccccc1. The number of hydrogen-bond acceptors (Lipinski definition) is 4. The number of fused-ring (bicyclic) bond motifs is 1. The van der Waals surface area contributed by atoms with Gasteiger partial charge in [-0.3, -0.25) is 4.79 Å². The summed E-state index contributed by atoms with van der Waals surface area (Å²) in [5.41, 5.74) is 6.39. The van der Waals surface area contributed by atoms with Crippen LogP contribution in [0.25, 0.3) is 33.3 Å². The molecule has 2 N–H and O–H groups in total. The quantitative estimate of drug-likeness (QED) is 0.120. The smallest absolute Gasteiger partial charge is 0.407 e. The average molecular weight is 673 g/mol. The molecule has 0 fully saturated rings. The van der Waals surface area contributed by atoms with Crippen molar-refractivity contribution in [3.8, 4) is 22.3 Å². The number of benzene rings is 5. The first-order chi connectivity index (χ1) is 24.3. The van der Waals surface area contributed by atoms with Gasteiger partial charge in [-0.05, 0) is 88.5 Å². The van der Waals surface area contributed by atoms with Crippen LogP contribution in [0, 0.1) is 17.6 Å². The number of nitrogens with zero attached hydrogens (tertiary/aromatic N) is 2. The lowest BCUT2D eigenvalue weighted by Gasteiger charge is -2.15. The van der Waals surface area contributed by atoms with E-state index < -0.39 is 6.09 Å². The maximum Gasteiger partial charge on any atom is 0.407 e. The van der Waals surface area contributed by atoms with Gasteiger partial charge in [0.1, 0.15) is 18.2 Å². The molecule has 6 aromatic rings. The van der Waals surface area contributed by atoms with Crippen molar-refractivity contribution in [3.63, 3.8) is 0 Å². The van der Waals surface area contributed by atoms with Crippen LogP contribution in [0.5, 0.6) is 0 Å². The normalized spacial score (nSPS) is 11.7. The first-order valence-electron chi connectivity index (χ1n) is 16.7. The topological polar surface area (TPSA) is 85.2 Å². The molecule has 0 aliphatic carbocycles. The fraction of sp³-hybridized carbons (Fsp3) is 0.195. The van der Waals surface area contributed by atoms with Crippen LogP contribution in [0.4, 0.5) is 13.6 Å². The first-order valence-corrected chi connectivity index (χ1v) is 16.7. The van der Waals surface area contributed by atoms with E-state index in [-0.39, 0.29) is 35.9 Å². The van der Waals surface area contributed by atoms with E-state index in [2.05, 4.69) is 10.6 Å². The molecule has 2 amide bonds. The fourth-order valence-corrected chi connectivity index (χ4v) is 5.87. The summed E-state index contributed by atoms with van der Waals surface area (Å²) in [6, 6.07) is 35.6. The number of ether oxygens (including phenoxy) is 1. The number of rotatable bonds is 13. The second-order valence-corrected chi connectivity index (χ2v) is 12.4. The molecule has 1 aromatic heterocycles. The Labute approximate surface area is 289 Å². The lowest BCUT2D eigenvalue weighted by molar-refractivity contribution is 0.0933. The van der Waals surface area contributed by atoms with Crippen molar-refractivity contribution >= 4 is 23.0 Å². The van der Waals surface area contributed by atoms with Crippen molar-refractivity contribution in [2.75, 3.05) is 13.1 Å². The number of imidazole rings is 1. The summed E-state index contributed by atoms with van der Waals surface area (Å²) in [5.74, 6) is -0.601. The Morgan fingerprint density at radius 3 is 1.96 bits per heavy atom. The number of carbonyl (C=O) groups excluding carboxylic acids is 2. The second kappa shape index (κ2) is 16.0. The summed E-state index contributed by atoms with van der Waals surface area (Å²) in [7, 11) is 0. The Kier molecular flexibility index (Phi) is 10.9. The standard InChI is InChI=1S/C41H38F2N4O3/c1-28(9-8-22-44-41(49)50-27-30-12-6-3-7-13-30)25-45-40(48)39-46-37-23-35(31-14-18-33(42)19-15-31)36(32-16-20-34(43)21-17-32)24-38(37)47(39)26-29-10-4-2-5-11-29/h2-7,10-21,23-24,28H,8-9,22,25-27H2,1H3,(H,44,49)(H,45,48)/t28-/m0/s1. The van der Waals surface area contributed by atoms with Crippen molar-refractivity contribution in [1.82, 2.24) is 20.2 Å². The number of aromatic nitrogens is 2. The van der Waals surface area contributed by atoms with Gasteiger partial charge in [0.15, 0.2) is 5.82 Å². The van der Waals surface area contributed by atoms with E-state index in [4.69, 9.17) is 9.72 Å². The van der Waals surface area contributed by atoms with Gasteiger partial charge in [0.2, 0.25) is 0 Å². The maximum atomic E-state index is 13.9. The Bertz CT molecular complexity index is 2050. The van der Waals surface area contributed by atoms with Crippen LogP contribution >= 0.6 is 0 Å². The lowest BCUT2D eigenvalue weighted by Crippen LogP contribution is -2.31. The van der Waals surface area contributed by atoms with Gasteiger partial charge in [-0.25, -0.2) is 18.6 Å². The van der Waals surface area contributed by atoms with Gasteiger partial charge in [-0.15, -0.1) is 0 Å². The molecular formula is C41H38F2N4O3. The van der Waals surface area contributed by atoms with Gasteiger partial charge >= 0.3 is 6.09 Å². The highest BCUT2D eigenvalue weighted by atomic mass is 19.1.